The number of ether oxygens (including phenoxy) is 1. The number of aryl methyl sites for hydroxylation is 2. The molecule has 2 aromatic rings. The highest BCUT2D eigenvalue weighted by atomic mass is 19.4. The van der Waals surface area contributed by atoms with Crippen LogP contribution in [0.25, 0.3) is 0 Å². The van der Waals surface area contributed by atoms with Gasteiger partial charge in [0.1, 0.15) is 0 Å². The van der Waals surface area contributed by atoms with Crippen molar-refractivity contribution in [1.29, 1.82) is 0 Å². The quantitative estimate of drug-likeness (QED) is 0.415. The number of nitrogens with zero attached hydrogens (tertiary/aromatic N) is 1. The number of Topliss-reactive ketones (excluding diaryl/α,β-unsaturated/α-hetero) is 2. The third kappa shape index (κ3) is 5.80. The van der Waals surface area contributed by atoms with Gasteiger partial charge < -0.3 is 20.3 Å². The van der Waals surface area contributed by atoms with E-state index in [1.165, 1.54) is 40.0 Å². The number of benzene rings is 2. The number of halogens is 6. The second-order valence-corrected chi connectivity index (χ2v) is 9.56. The van der Waals surface area contributed by atoms with E-state index in [0.29, 0.717) is 18.6 Å². The van der Waals surface area contributed by atoms with E-state index in [1.807, 2.05) is 0 Å². The van der Waals surface area contributed by atoms with Crippen molar-refractivity contribution in [3.63, 3.8) is 0 Å². The van der Waals surface area contributed by atoms with Gasteiger partial charge in [-0.25, -0.2) is 0 Å². The molecule has 2 aromatic carbocycles. The van der Waals surface area contributed by atoms with Crippen molar-refractivity contribution in [2.75, 3.05) is 36.5 Å². The maximum absolute atomic E-state index is 11.2. The van der Waals surface area contributed by atoms with Crippen LogP contribution >= 0.6 is 0 Å². The Morgan fingerprint density at radius 2 is 1.66 bits per heavy atom. The number of rotatable bonds is 3. The summed E-state index contributed by atoms with van der Waals surface area (Å²) in [6.07, 6.45) is -10.3. The zero-order chi connectivity index (χ0) is 27.8. The van der Waals surface area contributed by atoms with Gasteiger partial charge in [-0.3, -0.25) is 9.59 Å². The van der Waals surface area contributed by atoms with Gasteiger partial charge in [0, 0.05) is 47.7 Å². The number of fused-ring (bicyclic) bond motifs is 3. The lowest BCUT2D eigenvalue weighted by Gasteiger charge is -2.33. The van der Waals surface area contributed by atoms with Crippen LogP contribution in [0.15, 0.2) is 30.3 Å². The Bertz CT molecular complexity index is 1200. The molecule has 1 saturated heterocycles. The molecule has 0 spiro atoms. The van der Waals surface area contributed by atoms with Crippen molar-refractivity contribution >= 4 is 28.6 Å². The van der Waals surface area contributed by atoms with Crippen LogP contribution in [0.3, 0.4) is 0 Å². The van der Waals surface area contributed by atoms with E-state index in [4.69, 9.17) is 4.74 Å². The first-order chi connectivity index (χ1) is 17.8. The minimum Gasteiger partial charge on any atom is -0.375 e. The molecule has 6 nitrogen and oxygen atoms in total. The van der Waals surface area contributed by atoms with E-state index in [2.05, 4.69) is 59.7 Å². The van der Waals surface area contributed by atoms with Gasteiger partial charge in [-0.1, -0.05) is 6.07 Å². The summed E-state index contributed by atoms with van der Waals surface area (Å²) < 4.78 is 72.9. The molecule has 5 rings (SSSR count). The molecule has 1 fully saturated rings. The maximum atomic E-state index is 11.2. The van der Waals surface area contributed by atoms with Crippen molar-refractivity contribution in [3.05, 3.63) is 52.6 Å². The molecule has 3 heterocycles. The van der Waals surface area contributed by atoms with Crippen LogP contribution in [0.2, 0.25) is 0 Å². The molecule has 0 amide bonds. The molecular formula is C26H27F6N3O3. The summed E-state index contributed by atoms with van der Waals surface area (Å²) in [6.45, 7) is 9.09. The Balaban J connectivity index is 0.000000240. The monoisotopic (exact) mass is 543 g/mol. The van der Waals surface area contributed by atoms with Gasteiger partial charge in [0.25, 0.3) is 0 Å². The fraction of sp³-hybridized carbons (Fsp3) is 0.462. The zero-order valence-electron chi connectivity index (χ0n) is 20.7. The summed E-state index contributed by atoms with van der Waals surface area (Å²) in [7, 11) is 0. The topological polar surface area (TPSA) is 70.7 Å². The average Bonchev–Trinajstić information content (AvgIpc) is 3.00. The van der Waals surface area contributed by atoms with Crippen LogP contribution in [0.4, 0.5) is 43.4 Å². The molecule has 0 unspecified atom stereocenters. The molecule has 0 radical (unpaired) electrons. The standard InChI is InChI=1S/C22H27N3O.C4F6O2/c1-14-3-4-17(9-15(14)2)24-18-10-16-13-26-8-7-25-21-5-6-23-12-20(21)19(11-18)22(16)25;5-3(6,7)1(11)2(12)4(8,9)10/h3-4,9-11,20-21,23-24H,5-8,12-13H2,1-2H3;/t20-,21-;/m0./s1. The summed E-state index contributed by atoms with van der Waals surface area (Å²) >= 11 is 0. The molecule has 38 heavy (non-hydrogen) atoms. The fourth-order valence-electron chi connectivity index (χ4n) is 5.10. The van der Waals surface area contributed by atoms with Crippen molar-refractivity contribution in [1.82, 2.24) is 5.32 Å². The van der Waals surface area contributed by atoms with Crippen LogP contribution in [0.5, 0.6) is 0 Å². The summed E-state index contributed by atoms with van der Waals surface area (Å²) in [5.41, 5.74) is 9.27. The molecule has 0 saturated carbocycles. The van der Waals surface area contributed by atoms with E-state index in [-0.39, 0.29) is 0 Å². The van der Waals surface area contributed by atoms with Gasteiger partial charge in [-0.2, -0.15) is 26.3 Å². The van der Waals surface area contributed by atoms with Gasteiger partial charge in [0.05, 0.1) is 13.2 Å². The Labute approximate surface area is 215 Å². The summed E-state index contributed by atoms with van der Waals surface area (Å²) in [5.74, 6) is -6.22. The first-order valence-electron chi connectivity index (χ1n) is 12.1. The highest BCUT2D eigenvalue weighted by Gasteiger charge is 2.54. The minimum absolute atomic E-state index is 0.595. The first-order valence-corrected chi connectivity index (χ1v) is 12.1. The molecular weight excluding hydrogens is 516 g/mol. The van der Waals surface area contributed by atoms with E-state index >= 15 is 0 Å². The smallest absolute Gasteiger partial charge is 0.375 e. The molecule has 3 aliphatic rings. The lowest BCUT2D eigenvalue weighted by atomic mass is 9.89. The molecule has 0 bridgehead atoms. The lowest BCUT2D eigenvalue weighted by molar-refractivity contribution is -0.193. The molecule has 2 atom stereocenters. The summed E-state index contributed by atoms with van der Waals surface area (Å²) in [4.78, 5) is 21.9. The molecule has 0 aliphatic carbocycles. The van der Waals surface area contributed by atoms with E-state index in [1.54, 1.807) is 0 Å². The Morgan fingerprint density at radius 1 is 0.974 bits per heavy atom. The van der Waals surface area contributed by atoms with Crippen molar-refractivity contribution in [2.45, 2.75) is 51.2 Å². The highest BCUT2D eigenvalue weighted by molar-refractivity contribution is 6.41. The van der Waals surface area contributed by atoms with Crippen molar-refractivity contribution in [3.8, 4) is 0 Å². The molecule has 2 N–H and O–H groups in total. The predicted octanol–water partition coefficient (Wildman–Crippen LogP) is 5.09. The predicted molar refractivity (Wildman–Crippen MR) is 129 cm³/mol. The van der Waals surface area contributed by atoms with Gasteiger partial charge in [0.2, 0.25) is 0 Å². The van der Waals surface area contributed by atoms with Crippen LogP contribution in [-0.2, 0) is 20.9 Å². The van der Waals surface area contributed by atoms with E-state index < -0.39 is 23.9 Å². The number of piperidine rings is 1. The number of carbonyl (C=O) groups is 2. The van der Waals surface area contributed by atoms with Crippen molar-refractivity contribution in [2.24, 2.45) is 0 Å². The number of hydrogen-bond acceptors (Lipinski definition) is 6. The van der Waals surface area contributed by atoms with Crippen LogP contribution in [0, 0.1) is 13.8 Å². The third-order valence-electron chi connectivity index (χ3n) is 7.00. The first kappa shape index (κ1) is 27.9. The SMILES string of the molecule is Cc1ccc(Nc2cc3c4c(c2)[C@@H]2CNCC[C@@H]2N4CCOC3)cc1C.O=C(C(=O)C(F)(F)F)C(F)(F)F. The van der Waals surface area contributed by atoms with Crippen LogP contribution < -0.4 is 15.5 Å². The Kier molecular flexibility index (Phi) is 7.76. The van der Waals surface area contributed by atoms with Crippen molar-refractivity contribution < 1.29 is 40.7 Å². The average molecular weight is 544 g/mol. The second-order valence-electron chi connectivity index (χ2n) is 9.56. The fourth-order valence-corrected chi connectivity index (χ4v) is 5.10. The summed E-state index contributed by atoms with van der Waals surface area (Å²) in [5, 5.41) is 7.24. The van der Waals surface area contributed by atoms with Crippen LogP contribution in [-0.4, -0.2) is 56.2 Å². The van der Waals surface area contributed by atoms with E-state index in [0.717, 1.165) is 31.9 Å². The number of nitrogens with one attached hydrogen (secondary N) is 2. The number of hydrogen-bond donors (Lipinski definition) is 2. The number of anilines is 3. The molecule has 0 aromatic heterocycles. The van der Waals surface area contributed by atoms with Gasteiger partial charge in [-0.05, 0) is 67.8 Å². The summed E-state index contributed by atoms with van der Waals surface area (Å²) in [6, 6.07) is 11.9. The van der Waals surface area contributed by atoms with E-state index in [9.17, 15) is 35.9 Å². The minimum atomic E-state index is -5.77. The highest BCUT2D eigenvalue weighted by Crippen LogP contribution is 2.47. The Hall–Kier alpha value is -3.12. The second kappa shape index (κ2) is 10.6. The number of alkyl halides is 6. The number of ketones is 2. The number of carbonyl (C=O) groups excluding carboxylic acids is 2. The van der Waals surface area contributed by atoms with Gasteiger partial charge in [0.15, 0.2) is 0 Å². The normalized spacial score (nSPS) is 20.5. The van der Waals surface area contributed by atoms with Crippen LogP contribution in [0.1, 0.15) is 34.6 Å². The maximum Gasteiger partial charge on any atom is 0.458 e. The molecule has 206 valence electrons. The molecule has 12 heteroatoms. The van der Waals surface area contributed by atoms with Gasteiger partial charge >= 0.3 is 23.9 Å². The lowest BCUT2D eigenvalue weighted by Crippen LogP contribution is -2.44. The third-order valence-corrected chi connectivity index (χ3v) is 7.00. The largest absolute Gasteiger partial charge is 0.458 e. The Morgan fingerprint density at radius 3 is 2.29 bits per heavy atom. The molecule has 3 aliphatic heterocycles. The van der Waals surface area contributed by atoms with Gasteiger partial charge in [-0.15, -0.1) is 0 Å². The zero-order valence-corrected chi connectivity index (χ0v) is 20.7.